The van der Waals surface area contributed by atoms with Gasteiger partial charge in [0.25, 0.3) is 0 Å². The van der Waals surface area contributed by atoms with E-state index in [1.165, 1.54) is 38.5 Å². The van der Waals surface area contributed by atoms with Crippen molar-refractivity contribution < 1.29 is 4.74 Å². The Bertz CT molecular complexity index is 844. The predicted molar refractivity (Wildman–Crippen MR) is 130 cm³/mol. The predicted octanol–water partition coefficient (Wildman–Crippen LogP) is 4.29. The number of piperidine rings is 1. The van der Waals surface area contributed by atoms with Gasteiger partial charge in [-0.15, -0.1) is 0 Å². The van der Waals surface area contributed by atoms with E-state index >= 15 is 0 Å². The second kappa shape index (κ2) is 10.8. The molecule has 0 unspecified atom stereocenters. The van der Waals surface area contributed by atoms with Crippen LogP contribution < -0.4 is 20.3 Å². The van der Waals surface area contributed by atoms with Crippen LogP contribution in [0, 0.1) is 0 Å². The van der Waals surface area contributed by atoms with Gasteiger partial charge in [0.15, 0.2) is 0 Å². The van der Waals surface area contributed by atoms with Crippen LogP contribution in [0.4, 0.5) is 23.5 Å². The van der Waals surface area contributed by atoms with Crippen molar-refractivity contribution in [1.82, 2.24) is 19.9 Å². The highest BCUT2D eigenvalue weighted by Crippen LogP contribution is 2.25. The Labute approximate surface area is 191 Å². The highest BCUT2D eigenvalue weighted by atomic mass is 16.5. The first-order valence-corrected chi connectivity index (χ1v) is 12.0. The number of nitrogens with zero attached hydrogens (tertiary/aromatic N) is 5. The smallest absolute Gasteiger partial charge is 0.233 e. The lowest BCUT2D eigenvalue weighted by molar-refractivity contribution is 0.252. The molecule has 2 aliphatic rings. The Morgan fingerprint density at radius 2 is 1.56 bits per heavy atom. The molecule has 2 N–H and O–H groups in total. The van der Waals surface area contributed by atoms with Gasteiger partial charge in [-0.05, 0) is 70.1 Å². The maximum Gasteiger partial charge on any atom is 0.233 e. The van der Waals surface area contributed by atoms with E-state index in [2.05, 4.69) is 34.5 Å². The minimum Gasteiger partial charge on any atom is -0.497 e. The average molecular weight is 440 g/mol. The number of hydrogen-bond acceptors (Lipinski definition) is 8. The largest absolute Gasteiger partial charge is 0.497 e. The van der Waals surface area contributed by atoms with Crippen LogP contribution in [0.15, 0.2) is 24.3 Å². The molecule has 4 rings (SSSR count). The summed E-state index contributed by atoms with van der Waals surface area (Å²) in [5, 5.41) is 6.97. The second-order valence-corrected chi connectivity index (χ2v) is 9.11. The monoisotopic (exact) mass is 439 g/mol. The van der Waals surface area contributed by atoms with Crippen molar-refractivity contribution in [3.8, 4) is 5.75 Å². The van der Waals surface area contributed by atoms with Gasteiger partial charge in [0.2, 0.25) is 17.8 Å². The zero-order chi connectivity index (χ0) is 22.3. The third-order valence-electron chi connectivity index (χ3n) is 6.71. The molecule has 0 amide bonds. The first kappa shape index (κ1) is 22.6. The lowest BCUT2D eigenvalue weighted by Crippen LogP contribution is -2.42. The first-order valence-electron chi connectivity index (χ1n) is 12.0. The van der Waals surface area contributed by atoms with Gasteiger partial charge in [-0.1, -0.05) is 25.7 Å². The minimum atomic E-state index is 0.426. The van der Waals surface area contributed by atoms with Crippen molar-refractivity contribution in [1.29, 1.82) is 0 Å². The summed E-state index contributed by atoms with van der Waals surface area (Å²) in [6.45, 7) is 2.20. The maximum absolute atomic E-state index is 5.27. The van der Waals surface area contributed by atoms with Crippen LogP contribution in [0.2, 0.25) is 0 Å². The standard InChI is InChI=1S/C24H37N7O/c1-30-16-14-20(15-17-30)31(2)24-28-22(25-18-8-6-4-5-7-9-18)27-23(29-24)26-19-10-12-21(32-3)13-11-19/h10-13,18,20H,4-9,14-17H2,1-3H3,(H2,25,26,27,28,29). The van der Waals surface area contributed by atoms with Gasteiger partial charge in [0.1, 0.15) is 5.75 Å². The molecule has 0 atom stereocenters. The maximum atomic E-state index is 5.27. The minimum absolute atomic E-state index is 0.426. The molecule has 0 spiro atoms. The van der Waals surface area contributed by atoms with E-state index in [0.717, 1.165) is 43.3 Å². The third-order valence-corrected chi connectivity index (χ3v) is 6.71. The van der Waals surface area contributed by atoms with E-state index < -0.39 is 0 Å². The number of ether oxygens (including phenoxy) is 1. The Balaban J connectivity index is 1.56. The molecule has 1 aromatic heterocycles. The van der Waals surface area contributed by atoms with Crippen LogP contribution in [-0.2, 0) is 0 Å². The summed E-state index contributed by atoms with van der Waals surface area (Å²) in [5.74, 6) is 2.78. The molecule has 0 bridgehead atoms. The summed E-state index contributed by atoms with van der Waals surface area (Å²) in [4.78, 5) is 19.0. The number of aromatic nitrogens is 3. The topological polar surface area (TPSA) is 78.4 Å². The highest BCUT2D eigenvalue weighted by Gasteiger charge is 2.24. The molecule has 1 aliphatic heterocycles. The van der Waals surface area contributed by atoms with Crippen LogP contribution in [0.5, 0.6) is 5.75 Å². The molecule has 2 fully saturated rings. The molecule has 174 valence electrons. The molecule has 1 saturated carbocycles. The molecule has 1 aromatic carbocycles. The Kier molecular flexibility index (Phi) is 7.63. The van der Waals surface area contributed by atoms with Crippen molar-refractivity contribution in [2.75, 3.05) is 49.8 Å². The summed E-state index contributed by atoms with van der Waals surface area (Å²) >= 11 is 0. The van der Waals surface area contributed by atoms with Crippen molar-refractivity contribution in [3.63, 3.8) is 0 Å². The molecule has 8 heteroatoms. The molecule has 0 radical (unpaired) electrons. The lowest BCUT2D eigenvalue weighted by Gasteiger charge is -2.35. The molecule has 1 aliphatic carbocycles. The quantitative estimate of drug-likeness (QED) is 0.619. The fourth-order valence-corrected chi connectivity index (χ4v) is 4.60. The van der Waals surface area contributed by atoms with E-state index in [1.807, 2.05) is 24.3 Å². The SMILES string of the molecule is COc1ccc(Nc2nc(NC3CCCCCC3)nc(N(C)C3CCN(C)CC3)n2)cc1. The Morgan fingerprint density at radius 3 is 2.22 bits per heavy atom. The van der Waals surface area contributed by atoms with E-state index in [4.69, 9.17) is 19.7 Å². The van der Waals surface area contributed by atoms with Crippen molar-refractivity contribution in [3.05, 3.63) is 24.3 Å². The first-order chi connectivity index (χ1) is 15.6. The van der Waals surface area contributed by atoms with Gasteiger partial charge < -0.3 is 25.2 Å². The van der Waals surface area contributed by atoms with Crippen LogP contribution >= 0.6 is 0 Å². The van der Waals surface area contributed by atoms with Crippen LogP contribution in [0.3, 0.4) is 0 Å². The number of methoxy groups -OCH3 is 1. The van der Waals surface area contributed by atoms with Gasteiger partial charge in [-0.25, -0.2) is 0 Å². The number of benzene rings is 1. The lowest BCUT2D eigenvalue weighted by atomic mass is 10.0. The third kappa shape index (κ3) is 6.00. The Morgan fingerprint density at radius 1 is 0.906 bits per heavy atom. The number of nitrogens with one attached hydrogen (secondary N) is 2. The normalized spacial score (nSPS) is 18.7. The number of anilines is 4. The highest BCUT2D eigenvalue weighted by molar-refractivity contribution is 5.57. The van der Waals surface area contributed by atoms with Gasteiger partial charge >= 0.3 is 0 Å². The summed E-state index contributed by atoms with van der Waals surface area (Å²) in [5.41, 5.74) is 0.922. The van der Waals surface area contributed by atoms with Crippen LogP contribution in [-0.4, -0.2) is 66.2 Å². The Hall–Kier alpha value is -2.61. The summed E-state index contributed by atoms with van der Waals surface area (Å²) in [7, 11) is 5.97. The fourth-order valence-electron chi connectivity index (χ4n) is 4.60. The number of hydrogen-bond donors (Lipinski definition) is 2. The molecule has 8 nitrogen and oxygen atoms in total. The molecule has 1 saturated heterocycles. The summed E-state index contributed by atoms with van der Waals surface area (Å²) in [6, 6.07) is 8.67. The molecular weight excluding hydrogens is 402 g/mol. The zero-order valence-corrected chi connectivity index (χ0v) is 19.7. The molecule has 2 aromatic rings. The van der Waals surface area contributed by atoms with Crippen LogP contribution in [0.1, 0.15) is 51.4 Å². The second-order valence-electron chi connectivity index (χ2n) is 9.11. The van der Waals surface area contributed by atoms with Gasteiger partial charge in [0, 0.05) is 24.8 Å². The summed E-state index contributed by atoms with van der Waals surface area (Å²) in [6.07, 6.45) is 9.76. The molecule has 2 heterocycles. The zero-order valence-electron chi connectivity index (χ0n) is 19.7. The number of likely N-dealkylation sites (tertiary alicyclic amines) is 1. The summed E-state index contributed by atoms with van der Waals surface area (Å²) < 4.78 is 5.27. The van der Waals surface area contributed by atoms with E-state index in [1.54, 1.807) is 7.11 Å². The van der Waals surface area contributed by atoms with Gasteiger partial charge in [-0.3, -0.25) is 0 Å². The van der Waals surface area contributed by atoms with Crippen LogP contribution in [0.25, 0.3) is 0 Å². The van der Waals surface area contributed by atoms with E-state index in [-0.39, 0.29) is 0 Å². The fraction of sp³-hybridized carbons (Fsp3) is 0.625. The van der Waals surface area contributed by atoms with Crippen molar-refractivity contribution in [2.24, 2.45) is 0 Å². The molecule has 32 heavy (non-hydrogen) atoms. The van der Waals surface area contributed by atoms with Gasteiger partial charge in [-0.2, -0.15) is 15.0 Å². The average Bonchev–Trinajstić information content (AvgIpc) is 3.08. The molecular formula is C24H37N7O. The number of rotatable bonds is 7. The van der Waals surface area contributed by atoms with E-state index in [9.17, 15) is 0 Å². The van der Waals surface area contributed by atoms with Crippen molar-refractivity contribution in [2.45, 2.75) is 63.5 Å². The van der Waals surface area contributed by atoms with Gasteiger partial charge in [0.05, 0.1) is 7.11 Å². The van der Waals surface area contributed by atoms with E-state index in [0.29, 0.717) is 24.0 Å². The van der Waals surface area contributed by atoms with Crippen molar-refractivity contribution >= 4 is 23.5 Å².